The monoisotopic (exact) mass is 403 g/mol. The van der Waals surface area contributed by atoms with Crippen LogP contribution in [0.15, 0.2) is 53.7 Å². The minimum Gasteiger partial charge on any atom is -0.497 e. The van der Waals surface area contributed by atoms with Crippen molar-refractivity contribution >= 4 is 35.0 Å². The topological polar surface area (TPSA) is 95.1 Å². The lowest BCUT2D eigenvalue weighted by Gasteiger charge is -2.12. The summed E-state index contributed by atoms with van der Waals surface area (Å²) in [6, 6.07) is 14.9. The second-order valence-electron chi connectivity index (χ2n) is 5.55. The molecule has 3 rings (SSSR count). The first-order valence-corrected chi connectivity index (χ1v) is 9.42. The Morgan fingerprint density at radius 3 is 2.70 bits per heavy atom. The quantitative estimate of drug-likeness (QED) is 0.561. The van der Waals surface area contributed by atoms with E-state index in [4.69, 9.17) is 22.1 Å². The summed E-state index contributed by atoms with van der Waals surface area (Å²) in [6.45, 7) is 0.427. The molecule has 0 spiro atoms. The van der Waals surface area contributed by atoms with Crippen LogP contribution in [0.4, 0.5) is 5.69 Å². The Kier molecular flexibility index (Phi) is 6.20. The molecule has 0 aliphatic heterocycles. The highest BCUT2D eigenvalue weighted by molar-refractivity contribution is 7.99. The van der Waals surface area contributed by atoms with Crippen LogP contribution in [0, 0.1) is 0 Å². The van der Waals surface area contributed by atoms with Crippen LogP contribution < -0.4 is 15.8 Å². The molecule has 9 heteroatoms. The molecule has 0 aliphatic carbocycles. The Balaban J connectivity index is 1.88. The maximum atomic E-state index is 11.2. The first-order valence-electron chi connectivity index (χ1n) is 8.06. The number of carbonyl (C=O) groups excluding carboxylic acids is 1. The number of amides is 1. The zero-order chi connectivity index (χ0) is 19.2. The number of aromatic nitrogens is 3. The molecule has 0 saturated heterocycles. The molecule has 0 atom stereocenters. The van der Waals surface area contributed by atoms with Crippen LogP contribution in [0.25, 0.3) is 5.69 Å². The Bertz CT molecular complexity index is 930. The van der Waals surface area contributed by atoms with Crippen molar-refractivity contribution in [1.29, 1.82) is 0 Å². The normalized spacial score (nSPS) is 10.6. The average Bonchev–Trinajstić information content (AvgIpc) is 3.07. The van der Waals surface area contributed by atoms with Crippen molar-refractivity contribution in [2.24, 2.45) is 5.73 Å². The molecule has 1 aromatic heterocycles. The second kappa shape index (κ2) is 8.79. The van der Waals surface area contributed by atoms with Crippen molar-refractivity contribution < 1.29 is 9.53 Å². The van der Waals surface area contributed by atoms with Gasteiger partial charge in [0.1, 0.15) is 5.75 Å². The molecule has 0 bridgehead atoms. The predicted molar refractivity (Wildman–Crippen MR) is 107 cm³/mol. The van der Waals surface area contributed by atoms with Gasteiger partial charge in [0.05, 0.1) is 19.4 Å². The molecule has 1 amide bonds. The van der Waals surface area contributed by atoms with E-state index in [2.05, 4.69) is 15.5 Å². The highest BCUT2D eigenvalue weighted by Gasteiger charge is 2.15. The summed E-state index contributed by atoms with van der Waals surface area (Å²) in [5, 5.41) is 13.0. The third-order valence-corrected chi connectivity index (χ3v) is 4.84. The number of carbonyl (C=O) groups is 1. The summed E-state index contributed by atoms with van der Waals surface area (Å²) in [4.78, 5) is 11.2. The minimum absolute atomic E-state index is 0.121. The fourth-order valence-electron chi connectivity index (χ4n) is 2.41. The Morgan fingerprint density at radius 1 is 1.26 bits per heavy atom. The fraction of sp³-hybridized carbons (Fsp3) is 0.167. The van der Waals surface area contributed by atoms with Gasteiger partial charge >= 0.3 is 0 Å². The number of methoxy groups -OCH3 is 1. The van der Waals surface area contributed by atoms with Crippen molar-refractivity contribution in [2.45, 2.75) is 11.7 Å². The van der Waals surface area contributed by atoms with Crippen LogP contribution in [0.5, 0.6) is 5.75 Å². The fourth-order valence-corrected chi connectivity index (χ4v) is 3.31. The van der Waals surface area contributed by atoms with Gasteiger partial charge in [-0.15, -0.1) is 10.2 Å². The highest BCUT2D eigenvalue weighted by Crippen LogP contribution is 2.24. The summed E-state index contributed by atoms with van der Waals surface area (Å²) in [6.07, 6.45) is 0. The van der Waals surface area contributed by atoms with Gasteiger partial charge in [0.15, 0.2) is 11.0 Å². The third-order valence-electron chi connectivity index (χ3n) is 3.65. The van der Waals surface area contributed by atoms with Gasteiger partial charge in [0.2, 0.25) is 5.91 Å². The zero-order valence-electron chi connectivity index (χ0n) is 14.6. The molecule has 27 heavy (non-hydrogen) atoms. The average molecular weight is 404 g/mol. The number of nitrogens with zero attached hydrogens (tertiary/aromatic N) is 3. The van der Waals surface area contributed by atoms with Gasteiger partial charge in [-0.3, -0.25) is 9.36 Å². The van der Waals surface area contributed by atoms with E-state index in [1.807, 2.05) is 53.1 Å². The Morgan fingerprint density at radius 2 is 2.04 bits per heavy atom. The van der Waals surface area contributed by atoms with Gasteiger partial charge in [0, 0.05) is 16.4 Å². The number of nitrogens with one attached hydrogen (secondary N) is 1. The highest BCUT2D eigenvalue weighted by atomic mass is 35.5. The van der Waals surface area contributed by atoms with E-state index in [1.165, 1.54) is 11.8 Å². The SMILES string of the molecule is COc1ccc(-n2c(CNc3cccc(Cl)c3)nnc2SCC(N)=O)cc1. The number of thioether (sulfide) groups is 1. The number of rotatable bonds is 8. The van der Waals surface area contributed by atoms with Crippen LogP contribution in [0.1, 0.15) is 5.82 Å². The molecular formula is C18H18ClN5O2S. The van der Waals surface area contributed by atoms with Crippen molar-refractivity contribution in [3.05, 3.63) is 59.4 Å². The first-order chi connectivity index (χ1) is 13.1. The third kappa shape index (κ3) is 4.93. The number of hydrogen-bond acceptors (Lipinski definition) is 6. The molecule has 0 fully saturated rings. The number of ether oxygens (including phenoxy) is 1. The summed E-state index contributed by atoms with van der Waals surface area (Å²) in [7, 11) is 1.61. The molecular weight excluding hydrogens is 386 g/mol. The Labute approximate surface area is 165 Å². The Hall–Kier alpha value is -2.71. The van der Waals surface area contributed by atoms with Gasteiger partial charge in [-0.2, -0.15) is 0 Å². The molecule has 3 aromatic rings. The lowest BCUT2D eigenvalue weighted by molar-refractivity contribution is -0.115. The van der Waals surface area contributed by atoms with Gasteiger partial charge in [0.25, 0.3) is 0 Å². The van der Waals surface area contributed by atoms with E-state index >= 15 is 0 Å². The van der Waals surface area contributed by atoms with E-state index in [-0.39, 0.29) is 5.75 Å². The molecule has 140 valence electrons. The molecule has 3 N–H and O–H groups in total. The zero-order valence-corrected chi connectivity index (χ0v) is 16.1. The van der Waals surface area contributed by atoms with E-state index < -0.39 is 5.91 Å². The largest absolute Gasteiger partial charge is 0.497 e. The van der Waals surface area contributed by atoms with Crippen molar-refractivity contribution in [3.8, 4) is 11.4 Å². The maximum Gasteiger partial charge on any atom is 0.227 e. The van der Waals surface area contributed by atoms with Crippen molar-refractivity contribution in [2.75, 3.05) is 18.2 Å². The number of halogens is 1. The van der Waals surface area contributed by atoms with Crippen LogP contribution >= 0.6 is 23.4 Å². The van der Waals surface area contributed by atoms with Crippen LogP contribution in [-0.2, 0) is 11.3 Å². The maximum absolute atomic E-state index is 11.2. The molecule has 2 aromatic carbocycles. The lowest BCUT2D eigenvalue weighted by atomic mass is 10.3. The van der Waals surface area contributed by atoms with Crippen molar-refractivity contribution in [3.63, 3.8) is 0 Å². The van der Waals surface area contributed by atoms with E-state index in [9.17, 15) is 4.79 Å². The van der Waals surface area contributed by atoms with Gasteiger partial charge < -0.3 is 15.8 Å². The van der Waals surface area contributed by atoms with E-state index in [0.717, 1.165) is 17.1 Å². The number of anilines is 1. The summed E-state index contributed by atoms with van der Waals surface area (Å²) < 4.78 is 7.09. The number of nitrogens with two attached hydrogens (primary N) is 1. The van der Waals surface area contributed by atoms with E-state index in [1.54, 1.807) is 7.11 Å². The molecule has 0 saturated carbocycles. The minimum atomic E-state index is -0.414. The number of hydrogen-bond donors (Lipinski definition) is 2. The molecule has 0 aliphatic rings. The molecule has 0 radical (unpaired) electrons. The summed E-state index contributed by atoms with van der Waals surface area (Å²) in [5.74, 6) is 1.14. The van der Waals surface area contributed by atoms with E-state index in [0.29, 0.717) is 22.5 Å². The van der Waals surface area contributed by atoms with Gasteiger partial charge in [-0.05, 0) is 42.5 Å². The van der Waals surface area contributed by atoms with Gasteiger partial charge in [-0.25, -0.2) is 0 Å². The first kappa shape index (κ1) is 19.1. The van der Waals surface area contributed by atoms with Gasteiger partial charge in [-0.1, -0.05) is 29.4 Å². The molecule has 0 unspecified atom stereocenters. The van der Waals surface area contributed by atoms with Crippen LogP contribution in [0.3, 0.4) is 0 Å². The summed E-state index contributed by atoms with van der Waals surface area (Å²) >= 11 is 7.26. The number of benzene rings is 2. The van der Waals surface area contributed by atoms with Crippen LogP contribution in [0.2, 0.25) is 5.02 Å². The molecule has 7 nitrogen and oxygen atoms in total. The standard InChI is InChI=1S/C18H18ClN5O2S/c1-26-15-7-5-14(6-8-15)24-17(22-23-18(24)27-11-16(20)25)10-21-13-4-2-3-12(19)9-13/h2-9,21H,10-11H2,1H3,(H2,20,25). The predicted octanol–water partition coefficient (Wildman–Crippen LogP) is 3.12. The lowest BCUT2D eigenvalue weighted by Crippen LogP contribution is -2.14. The molecule has 1 heterocycles. The summed E-state index contributed by atoms with van der Waals surface area (Å²) in [5.41, 5.74) is 6.99. The van der Waals surface area contributed by atoms with Crippen LogP contribution in [-0.4, -0.2) is 33.5 Å². The second-order valence-corrected chi connectivity index (χ2v) is 6.93. The smallest absolute Gasteiger partial charge is 0.227 e. The number of primary amides is 1. The van der Waals surface area contributed by atoms with Crippen molar-refractivity contribution in [1.82, 2.24) is 14.8 Å².